The second kappa shape index (κ2) is 6.62. The van der Waals surface area contributed by atoms with Gasteiger partial charge in [0, 0.05) is 10.7 Å². The maximum atomic E-state index is 11.5. The van der Waals surface area contributed by atoms with Crippen molar-refractivity contribution in [1.29, 1.82) is 0 Å². The van der Waals surface area contributed by atoms with Gasteiger partial charge in [0.1, 0.15) is 0 Å². The Morgan fingerprint density at radius 2 is 2.15 bits per heavy atom. The normalized spacial score (nSPS) is 11.8. The molecule has 0 fully saturated rings. The molecule has 2 aromatic rings. The van der Waals surface area contributed by atoms with E-state index >= 15 is 0 Å². The van der Waals surface area contributed by atoms with Crippen LogP contribution in [0.2, 0.25) is 0 Å². The van der Waals surface area contributed by atoms with Gasteiger partial charge in [-0.05, 0) is 11.6 Å². The highest BCUT2D eigenvalue weighted by atomic mass is 79.9. The predicted molar refractivity (Wildman–Crippen MR) is 80.1 cm³/mol. The molecule has 2 rings (SSSR count). The van der Waals surface area contributed by atoms with E-state index in [2.05, 4.69) is 41.6 Å². The highest BCUT2D eigenvalue weighted by molar-refractivity contribution is 9.15. The monoisotopic (exact) mass is 334 g/mol. The third kappa shape index (κ3) is 3.75. The van der Waals surface area contributed by atoms with E-state index in [-0.39, 0.29) is 11.8 Å². The number of allylic oxidation sites excluding steroid dienone is 1. The first-order valence-electron chi connectivity index (χ1n) is 5.59. The number of aromatic nitrogens is 3. The second-order valence-electron chi connectivity index (χ2n) is 3.64. The molecule has 1 aromatic carbocycles. The topological polar surface area (TPSA) is 109 Å². The second-order valence-corrected chi connectivity index (χ2v) is 4.50. The molecule has 0 atom stereocenters. The van der Waals surface area contributed by atoms with Crippen LogP contribution in [0.3, 0.4) is 0 Å². The number of hydrogen-bond donors (Lipinski definition) is 3. The summed E-state index contributed by atoms with van der Waals surface area (Å²) in [6.07, 6.45) is 3.17. The summed E-state index contributed by atoms with van der Waals surface area (Å²) in [5.74, 6) is -0.508. The van der Waals surface area contributed by atoms with E-state index in [0.29, 0.717) is 0 Å². The number of H-pyrrole nitrogens is 1. The predicted octanol–water partition coefficient (Wildman–Crippen LogP) is 1.54. The summed E-state index contributed by atoms with van der Waals surface area (Å²) in [4.78, 5) is 15.2. The SMILES string of the molecule is Nc1n[nH]c(C(=O)N/N=C\C=C(/Br)c2ccccc2)n1. The van der Waals surface area contributed by atoms with Crippen molar-refractivity contribution in [3.63, 3.8) is 0 Å². The third-order valence-corrected chi connectivity index (χ3v) is 2.95. The summed E-state index contributed by atoms with van der Waals surface area (Å²) < 4.78 is 0.847. The molecule has 7 nitrogen and oxygen atoms in total. The van der Waals surface area contributed by atoms with E-state index < -0.39 is 5.91 Å². The molecular formula is C12H11BrN6O. The zero-order valence-electron chi connectivity index (χ0n) is 10.2. The van der Waals surface area contributed by atoms with Gasteiger partial charge in [0.2, 0.25) is 11.8 Å². The quantitative estimate of drug-likeness (QED) is 0.581. The average molecular weight is 335 g/mol. The van der Waals surface area contributed by atoms with Crippen molar-refractivity contribution in [2.24, 2.45) is 5.10 Å². The molecule has 1 heterocycles. The van der Waals surface area contributed by atoms with Gasteiger partial charge < -0.3 is 5.73 Å². The molecule has 4 N–H and O–H groups in total. The van der Waals surface area contributed by atoms with E-state index in [1.165, 1.54) is 6.21 Å². The molecule has 20 heavy (non-hydrogen) atoms. The van der Waals surface area contributed by atoms with Crippen LogP contribution in [0.4, 0.5) is 5.95 Å². The van der Waals surface area contributed by atoms with Crippen molar-refractivity contribution in [1.82, 2.24) is 20.6 Å². The molecule has 0 spiro atoms. The summed E-state index contributed by atoms with van der Waals surface area (Å²) in [7, 11) is 0. The molecule has 0 bridgehead atoms. The van der Waals surface area contributed by atoms with Crippen LogP contribution in [0.25, 0.3) is 4.48 Å². The number of amides is 1. The Labute approximate surface area is 123 Å². The summed E-state index contributed by atoms with van der Waals surface area (Å²) in [6, 6.07) is 9.69. The van der Waals surface area contributed by atoms with E-state index in [9.17, 15) is 4.79 Å². The average Bonchev–Trinajstić information content (AvgIpc) is 2.91. The smallest absolute Gasteiger partial charge is 0.308 e. The molecule has 8 heteroatoms. The fourth-order valence-electron chi connectivity index (χ4n) is 1.32. The first-order valence-corrected chi connectivity index (χ1v) is 6.38. The van der Waals surface area contributed by atoms with E-state index in [4.69, 9.17) is 5.73 Å². The first kappa shape index (κ1) is 13.9. The lowest BCUT2D eigenvalue weighted by Gasteiger charge is -1.96. The summed E-state index contributed by atoms with van der Waals surface area (Å²) in [5.41, 5.74) is 8.59. The number of nitrogens with zero attached hydrogens (tertiary/aromatic N) is 3. The van der Waals surface area contributed by atoms with Gasteiger partial charge in [-0.1, -0.05) is 46.3 Å². The Balaban J connectivity index is 1.92. The number of carbonyl (C=O) groups excluding carboxylic acids is 1. The van der Waals surface area contributed by atoms with Crippen LogP contribution in [-0.4, -0.2) is 27.3 Å². The molecular weight excluding hydrogens is 324 g/mol. The number of aromatic amines is 1. The van der Waals surface area contributed by atoms with Gasteiger partial charge in [-0.25, -0.2) is 5.43 Å². The number of nitrogen functional groups attached to an aromatic ring is 1. The van der Waals surface area contributed by atoms with Crippen molar-refractivity contribution in [3.8, 4) is 0 Å². The third-order valence-electron chi connectivity index (χ3n) is 2.23. The number of nitrogens with one attached hydrogen (secondary N) is 2. The molecule has 0 radical (unpaired) electrons. The minimum absolute atomic E-state index is 0.00533. The Kier molecular flexibility index (Phi) is 4.61. The van der Waals surface area contributed by atoms with E-state index in [1.807, 2.05) is 30.3 Å². The van der Waals surface area contributed by atoms with Gasteiger partial charge in [-0.3, -0.25) is 9.89 Å². The molecule has 0 saturated carbocycles. The maximum Gasteiger partial charge on any atom is 0.308 e. The molecule has 0 aliphatic carbocycles. The van der Waals surface area contributed by atoms with Gasteiger partial charge in [0.05, 0.1) is 0 Å². The zero-order chi connectivity index (χ0) is 14.4. The van der Waals surface area contributed by atoms with Gasteiger partial charge in [0.25, 0.3) is 0 Å². The summed E-state index contributed by atoms with van der Waals surface area (Å²) in [6.45, 7) is 0. The minimum Gasteiger partial charge on any atom is -0.366 e. The summed E-state index contributed by atoms with van der Waals surface area (Å²) in [5, 5.41) is 9.69. The zero-order valence-corrected chi connectivity index (χ0v) is 11.8. The number of anilines is 1. The first-order chi connectivity index (χ1) is 9.66. The molecule has 102 valence electrons. The van der Waals surface area contributed by atoms with Crippen molar-refractivity contribution in [3.05, 3.63) is 47.8 Å². The summed E-state index contributed by atoms with van der Waals surface area (Å²) >= 11 is 3.41. The molecule has 0 aliphatic heterocycles. The Morgan fingerprint density at radius 1 is 1.40 bits per heavy atom. The highest BCUT2D eigenvalue weighted by Crippen LogP contribution is 2.19. The Bertz CT molecular complexity index is 649. The van der Waals surface area contributed by atoms with Crippen LogP contribution in [0.1, 0.15) is 16.2 Å². The number of carbonyl (C=O) groups is 1. The fraction of sp³-hybridized carbons (Fsp3) is 0. The van der Waals surface area contributed by atoms with Crippen LogP contribution in [0.5, 0.6) is 0 Å². The fourth-order valence-corrected chi connectivity index (χ4v) is 1.70. The molecule has 1 aromatic heterocycles. The lowest BCUT2D eigenvalue weighted by atomic mass is 10.2. The lowest BCUT2D eigenvalue weighted by molar-refractivity contribution is 0.0945. The largest absolute Gasteiger partial charge is 0.366 e. The maximum absolute atomic E-state index is 11.5. The van der Waals surface area contributed by atoms with Crippen LogP contribution >= 0.6 is 15.9 Å². The van der Waals surface area contributed by atoms with Crippen LogP contribution in [0.15, 0.2) is 41.5 Å². The lowest BCUT2D eigenvalue weighted by Crippen LogP contribution is -2.18. The van der Waals surface area contributed by atoms with Crippen molar-refractivity contribution < 1.29 is 4.79 Å². The van der Waals surface area contributed by atoms with Crippen LogP contribution in [0, 0.1) is 0 Å². The molecule has 1 amide bonds. The minimum atomic E-state index is -0.519. The number of nitrogens with two attached hydrogens (primary N) is 1. The molecule has 0 aliphatic rings. The molecule has 0 saturated heterocycles. The van der Waals surface area contributed by atoms with Crippen molar-refractivity contribution in [2.45, 2.75) is 0 Å². The van der Waals surface area contributed by atoms with Gasteiger partial charge in [-0.2, -0.15) is 10.1 Å². The van der Waals surface area contributed by atoms with Crippen LogP contribution < -0.4 is 11.2 Å². The number of halogens is 1. The Hall–Kier alpha value is -2.48. The standard InChI is InChI=1S/C12H11BrN6O/c13-9(8-4-2-1-3-5-8)6-7-15-18-11(20)10-16-12(14)19-17-10/h1-7H,(H,18,20)(H3,14,16,17,19)/b9-6-,15-7-. The van der Waals surface area contributed by atoms with Crippen molar-refractivity contribution in [2.75, 3.05) is 5.73 Å². The van der Waals surface area contributed by atoms with Crippen LogP contribution in [-0.2, 0) is 0 Å². The highest BCUT2D eigenvalue weighted by Gasteiger charge is 2.08. The number of hydrogen-bond acceptors (Lipinski definition) is 5. The van der Waals surface area contributed by atoms with E-state index in [1.54, 1.807) is 6.08 Å². The van der Waals surface area contributed by atoms with Gasteiger partial charge >= 0.3 is 5.91 Å². The number of rotatable bonds is 4. The van der Waals surface area contributed by atoms with Gasteiger partial charge in [0.15, 0.2) is 0 Å². The Morgan fingerprint density at radius 3 is 2.80 bits per heavy atom. The van der Waals surface area contributed by atoms with Gasteiger partial charge in [-0.15, -0.1) is 5.10 Å². The number of hydrazone groups is 1. The number of benzene rings is 1. The molecule has 0 unspecified atom stereocenters. The van der Waals surface area contributed by atoms with Crippen molar-refractivity contribution >= 4 is 38.5 Å². The van der Waals surface area contributed by atoms with E-state index in [0.717, 1.165) is 10.0 Å².